The molecule has 2 amide bonds. The van der Waals surface area contributed by atoms with Crippen LogP contribution >= 0.6 is 11.3 Å². The third-order valence-electron chi connectivity index (χ3n) is 5.78. The summed E-state index contributed by atoms with van der Waals surface area (Å²) in [6.45, 7) is 7.21. The summed E-state index contributed by atoms with van der Waals surface area (Å²) in [5.41, 5.74) is 2.20. The maximum Gasteiger partial charge on any atom is 0.265 e. The zero-order valence-corrected chi connectivity index (χ0v) is 17.1. The van der Waals surface area contributed by atoms with E-state index in [0.717, 1.165) is 34.8 Å². The van der Waals surface area contributed by atoms with Gasteiger partial charge in [0, 0.05) is 31.7 Å². The van der Waals surface area contributed by atoms with Gasteiger partial charge in [0.25, 0.3) is 5.91 Å². The molecule has 0 aliphatic carbocycles. The average molecular weight is 384 g/mol. The summed E-state index contributed by atoms with van der Waals surface area (Å²) in [7, 11) is 1.83. The molecule has 0 saturated carbocycles. The fraction of sp³-hybridized carbons (Fsp3) is 0.476. The van der Waals surface area contributed by atoms with E-state index >= 15 is 0 Å². The van der Waals surface area contributed by atoms with Crippen molar-refractivity contribution in [2.45, 2.75) is 44.9 Å². The first kappa shape index (κ1) is 18.2. The second-order valence-corrected chi connectivity index (χ2v) is 8.95. The van der Waals surface area contributed by atoms with Gasteiger partial charge in [0.05, 0.1) is 16.1 Å². The van der Waals surface area contributed by atoms with Crippen molar-refractivity contribution in [1.29, 1.82) is 0 Å². The number of anilines is 1. The van der Waals surface area contributed by atoms with Crippen LogP contribution in [-0.2, 0) is 10.2 Å². The molecule has 2 aromatic rings. The summed E-state index contributed by atoms with van der Waals surface area (Å²) in [4.78, 5) is 35.3. The minimum Gasteiger partial charge on any atom is -0.336 e. The SMILES string of the molecule is Cc1nc(C(C)C)sc1C(=O)N1CCC[C@]2(C1)C(=O)N(C)c1ccccc12. The van der Waals surface area contributed by atoms with E-state index in [2.05, 4.69) is 18.8 Å². The van der Waals surface area contributed by atoms with Gasteiger partial charge in [0.1, 0.15) is 4.88 Å². The van der Waals surface area contributed by atoms with Gasteiger partial charge in [-0.05, 0) is 31.4 Å². The van der Waals surface area contributed by atoms with E-state index in [1.165, 1.54) is 11.3 Å². The van der Waals surface area contributed by atoms with E-state index in [-0.39, 0.29) is 11.8 Å². The number of rotatable bonds is 2. The Morgan fingerprint density at radius 2 is 2.04 bits per heavy atom. The molecule has 1 spiro atoms. The van der Waals surface area contributed by atoms with E-state index in [1.807, 2.05) is 43.1 Å². The number of thiazole rings is 1. The largest absolute Gasteiger partial charge is 0.336 e. The molecule has 1 aromatic carbocycles. The molecule has 0 radical (unpaired) electrons. The van der Waals surface area contributed by atoms with Crippen molar-refractivity contribution < 1.29 is 9.59 Å². The van der Waals surface area contributed by atoms with Crippen LogP contribution in [0.1, 0.15) is 58.5 Å². The van der Waals surface area contributed by atoms with E-state index in [1.54, 1.807) is 4.90 Å². The molecule has 1 saturated heterocycles. The lowest BCUT2D eigenvalue weighted by Gasteiger charge is -2.39. The Bertz CT molecular complexity index is 920. The van der Waals surface area contributed by atoms with Crippen LogP contribution in [0.3, 0.4) is 0 Å². The number of likely N-dealkylation sites (tertiary alicyclic amines) is 1. The van der Waals surface area contributed by atoms with Crippen LogP contribution < -0.4 is 4.90 Å². The highest BCUT2D eigenvalue weighted by Crippen LogP contribution is 2.46. The van der Waals surface area contributed by atoms with Gasteiger partial charge in [-0.15, -0.1) is 11.3 Å². The Balaban J connectivity index is 1.68. The monoisotopic (exact) mass is 383 g/mol. The number of nitrogens with zero attached hydrogens (tertiary/aromatic N) is 3. The van der Waals surface area contributed by atoms with Crippen molar-refractivity contribution in [3.63, 3.8) is 0 Å². The van der Waals surface area contributed by atoms with Crippen LogP contribution in [0, 0.1) is 6.92 Å². The van der Waals surface area contributed by atoms with Crippen molar-refractivity contribution in [2.24, 2.45) is 0 Å². The predicted octanol–water partition coefficient (Wildman–Crippen LogP) is 3.73. The number of fused-ring (bicyclic) bond motifs is 2. The fourth-order valence-corrected chi connectivity index (χ4v) is 5.38. The number of para-hydroxylation sites is 1. The molecular formula is C21H25N3O2S. The second-order valence-electron chi connectivity index (χ2n) is 7.92. The lowest BCUT2D eigenvalue weighted by molar-refractivity contribution is -0.124. The van der Waals surface area contributed by atoms with Crippen LogP contribution in [0.4, 0.5) is 5.69 Å². The number of piperidine rings is 1. The van der Waals surface area contributed by atoms with Gasteiger partial charge in [-0.3, -0.25) is 9.59 Å². The number of likely N-dealkylation sites (N-methyl/N-ethyl adjacent to an activating group) is 1. The zero-order chi connectivity index (χ0) is 19.3. The highest BCUT2D eigenvalue weighted by Gasteiger charge is 2.52. The van der Waals surface area contributed by atoms with Crippen molar-refractivity contribution in [1.82, 2.24) is 9.88 Å². The number of benzene rings is 1. The minimum atomic E-state index is -0.612. The van der Waals surface area contributed by atoms with Crippen molar-refractivity contribution in [3.05, 3.63) is 45.4 Å². The normalized spacial score (nSPS) is 22.0. The van der Waals surface area contributed by atoms with Crippen LogP contribution in [0.5, 0.6) is 0 Å². The third-order valence-corrected chi connectivity index (χ3v) is 7.22. The first-order valence-corrected chi connectivity index (χ1v) is 10.3. The molecule has 3 heterocycles. The molecule has 2 aliphatic rings. The Labute approximate surface area is 164 Å². The summed E-state index contributed by atoms with van der Waals surface area (Å²) >= 11 is 1.49. The average Bonchev–Trinajstić information content (AvgIpc) is 3.15. The number of amides is 2. The number of carbonyl (C=O) groups is 2. The maximum absolute atomic E-state index is 13.3. The summed E-state index contributed by atoms with van der Waals surface area (Å²) in [6.07, 6.45) is 1.62. The Morgan fingerprint density at radius 1 is 1.30 bits per heavy atom. The summed E-state index contributed by atoms with van der Waals surface area (Å²) in [5.74, 6) is 0.417. The molecule has 1 aromatic heterocycles. The second kappa shape index (κ2) is 6.44. The highest BCUT2D eigenvalue weighted by molar-refractivity contribution is 7.13. The van der Waals surface area contributed by atoms with Crippen LogP contribution in [0.15, 0.2) is 24.3 Å². The molecule has 5 nitrogen and oxygen atoms in total. The first-order valence-electron chi connectivity index (χ1n) is 9.49. The van der Waals surface area contributed by atoms with Gasteiger partial charge < -0.3 is 9.80 Å². The smallest absolute Gasteiger partial charge is 0.265 e. The Morgan fingerprint density at radius 3 is 2.74 bits per heavy atom. The number of hydrogen-bond acceptors (Lipinski definition) is 4. The molecule has 0 N–H and O–H groups in total. The molecule has 1 fully saturated rings. The van der Waals surface area contributed by atoms with Gasteiger partial charge in [0.2, 0.25) is 5.91 Å². The lowest BCUT2D eigenvalue weighted by Crippen LogP contribution is -2.53. The molecule has 0 unspecified atom stereocenters. The first-order chi connectivity index (χ1) is 12.8. The predicted molar refractivity (Wildman–Crippen MR) is 108 cm³/mol. The number of aromatic nitrogens is 1. The molecular weight excluding hydrogens is 358 g/mol. The quantitative estimate of drug-likeness (QED) is 0.794. The van der Waals surface area contributed by atoms with Gasteiger partial charge in [-0.1, -0.05) is 32.0 Å². The molecule has 4 rings (SSSR count). The molecule has 142 valence electrons. The number of aryl methyl sites for hydroxylation is 1. The number of carbonyl (C=O) groups excluding carboxylic acids is 2. The summed E-state index contributed by atoms with van der Waals surface area (Å²) in [6, 6.07) is 7.97. The van der Waals surface area contributed by atoms with E-state index in [4.69, 9.17) is 0 Å². The maximum atomic E-state index is 13.3. The molecule has 1 atom stereocenters. The molecule has 0 bridgehead atoms. The summed E-state index contributed by atoms with van der Waals surface area (Å²) < 4.78 is 0. The third kappa shape index (κ3) is 2.69. The van der Waals surface area contributed by atoms with Crippen LogP contribution in [0.2, 0.25) is 0 Å². The van der Waals surface area contributed by atoms with Crippen molar-refractivity contribution >= 4 is 28.8 Å². The topological polar surface area (TPSA) is 53.5 Å². The van der Waals surface area contributed by atoms with E-state index in [9.17, 15) is 9.59 Å². The number of hydrogen-bond donors (Lipinski definition) is 0. The van der Waals surface area contributed by atoms with Gasteiger partial charge >= 0.3 is 0 Å². The van der Waals surface area contributed by atoms with Gasteiger partial charge in [-0.2, -0.15) is 0 Å². The van der Waals surface area contributed by atoms with E-state index < -0.39 is 5.41 Å². The van der Waals surface area contributed by atoms with Crippen molar-refractivity contribution in [3.8, 4) is 0 Å². The fourth-order valence-electron chi connectivity index (χ4n) is 4.35. The summed E-state index contributed by atoms with van der Waals surface area (Å²) in [5, 5.41) is 0.990. The Hall–Kier alpha value is -2.21. The van der Waals surface area contributed by atoms with Crippen LogP contribution in [0.25, 0.3) is 0 Å². The standard InChI is InChI=1S/C21H25N3O2S/c1-13(2)18-22-14(3)17(27-18)19(25)24-11-7-10-21(12-24)15-8-5-6-9-16(15)23(4)20(21)26/h5-6,8-9,13H,7,10-12H2,1-4H3/t21-/m1/s1. The highest BCUT2D eigenvalue weighted by atomic mass is 32.1. The zero-order valence-electron chi connectivity index (χ0n) is 16.3. The molecule has 2 aliphatic heterocycles. The van der Waals surface area contributed by atoms with Crippen molar-refractivity contribution in [2.75, 3.05) is 25.0 Å². The van der Waals surface area contributed by atoms with Gasteiger partial charge in [-0.25, -0.2) is 4.98 Å². The molecule has 27 heavy (non-hydrogen) atoms. The van der Waals surface area contributed by atoms with Crippen LogP contribution in [-0.4, -0.2) is 41.8 Å². The molecule has 6 heteroatoms. The lowest BCUT2D eigenvalue weighted by atomic mass is 9.75. The van der Waals surface area contributed by atoms with Gasteiger partial charge in [0.15, 0.2) is 0 Å². The van der Waals surface area contributed by atoms with E-state index in [0.29, 0.717) is 23.9 Å². The Kier molecular flexibility index (Phi) is 4.34. The minimum absolute atomic E-state index is 0.0100.